The fourth-order valence-corrected chi connectivity index (χ4v) is 6.49. The molecule has 3 aliphatic heterocycles. The first-order valence-corrected chi connectivity index (χ1v) is 10.9. The molecule has 0 aromatic rings. The zero-order valence-electron chi connectivity index (χ0n) is 15.0. The lowest BCUT2D eigenvalue weighted by Crippen LogP contribution is -2.64. The number of nitrogens with zero attached hydrogens (tertiary/aromatic N) is 1. The maximum atomic E-state index is 6.66. The van der Waals surface area contributed by atoms with Crippen LogP contribution in [0, 0.1) is 17.8 Å². The molecule has 2 aliphatic carbocycles. The molecular formula is C19H32ClN5. The Bertz CT molecular complexity index is 526. The van der Waals surface area contributed by atoms with Gasteiger partial charge >= 0.3 is 0 Å². The molecular weight excluding hydrogens is 334 g/mol. The number of hydrogen-bond acceptors (Lipinski definition) is 5. The smallest absolute Gasteiger partial charge is 0.0852 e. The Morgan fingerprint density at radius 3 is 2.76 bits per heavy atom. The monoisotopic (exact) mass is 365 g/mol. The van der Waals surface area contributed by atoms with Crippen molar-refractivity contribution in [2.24, 2.45) is 17.8 Å². The predicted octanol–water partition coefficient (Wildman–Crippen LogP) is 2.76. The van der Waals surface area contributed by atoms with Gasteiger partial charge in [-0.3, -0.25) is 15.6 Å². The van der Waals surface area contributed by atoms with E-state index in [1.54, 1.807) is 0 Å². The predicted molar refractivity (Wildman–Crippen MR) is 100 cm³/mol. The number of nitrogens with one attached hydrogen (secondary N) is 4. The Kier molecular flexibility index (Phi) is 4.61. The minimum Gasteiger partial charge on any atom is -0.306 e. The molecule has 1 saturated heterocycles. The van der Waals surface area contributed by atoms with Crippen molar-refractivity contribution in [2.75, 3.05) is 0 Å². The highest BCUT2D eigenvalue weighted by Gasteiger charge is 2.43. The molecule has 5 aliphatic rings. The second-order valence-electron chi connectivity index (χ2n) is 8.84. The summed E-state index contributed by atoms with van der Waals surface area (Å²) in [5, 5.41) is 10.0. The van der Waals surface area contributed by atoms with Crippen molar-refractivity contribution in [2.45, 2.75) is 88.0 Å². The average Bonchev–Trinajstić information content (AvgIpc) is 3.10. The molecule has 6 heteroatoms. The van der Waals surface area contributed by atoms with Crippen LogP contribution in [0.4, 0.5) is 0 Å². The lowest BCUT2D eigenvalue weighted by molar-refractivity contribution is 0.0533. The van der Waals surface area contributed by atoms with Crippen LogP contribution in [0.15, 0.2) is 11.9 Å². The van der Waals surface area contributed by atoms with Gasteiger partial charge in [0.15, 0.2) is 0 Å². The maximum Gasteiger partial charge on any atom is 0.0852 e. The lowest BCUT2D eigenvalue weighted by Gasteiger charge is -2.46. The SMILES string of the molecule is ClC1CC2CC3CCCCC3C3=CN(NN3)C3CCCCC3C(N1)N2. The minimum atomic E-state index is 0.108. The van der Waals surface area contributed by atoms with Crippen LogP contribution < -0.4 is 21.6 Å². The molecule has 7 unspecified atom stereocenters. The second-order valence-corrected chi connectivity index (χ2v) is 9.37. The molecule has 0 aromatic heterocycles. The summed E-state index contributed by atoms with van der Waals surface area (Å²) in [6, 6.07) is 1.09. The molecule has 5 rings (SSSR count). The van der Waals surface area contributed by atoms with Gasteiger partial charge in [0.25, 0.3) is 0 Å². The number of rotatable bonds is 0. The van der Waals surface area contributed by atoms with Crippen LogP contribution >= 0.6 is 11.6 Å². The maximum absolute atomic E-state index is 6.66. The highest BCUT2D eigenvalue weighted by Crippen LogP contribution is 2.41. The summed E-state index contributed by atoms with van der Waals surface area (Å²) in [5.74, 6) is 2.05. The normalized spacial score (nSPS) is 47.0. The molecule has 0 spiro atoms. The molecule has 0 radical (unpaired) electrons. The number of hydrogen-bond donors (Lipinski definition) is 4. The Morgan fingerprint density at radius 1 is 0.960 bits per heavy atom. The topological polar surface area (TPSA) is 51.4 Å². The highest BCUT2D eigenvalue weighted by atomic mass is 35.5. The summed E-state index contributed by atoms with van der Waals surface area (Å²) in [4.78, 5) is 0. The van der Waals surface area contributed by atoms with E-state index in [0.717, 1.165) is 12.3 Å². The summed E-state index contributed by atoms with van der Waals surface area (Å²) in [6.07, 6.45) is 15.7. The van der Waals surface area contributed by atoms with Crippen LogP contribution in [0.25, 0.3) is 0 Å². The molecule has 3 fully saturated rings. The van der Waals surface area contributed by atoms with Crippen LogP contribution in [0.2, 0.25) is 0 Å². The van der Waals surface area contributed by atoms with Gasteiger partial charge < -0.3 is 5.43 Å². The molecule has 0 aromatic carbocycles. The zero-order chi connectivity index (χ0) is 16.8. The largest absolute Gasteiger partial charge is 0.306 e. The standard InChI is InChI=1S/C19H32ClN5/c20-18-10-13-9-12-5-1-2-6-14(12)16-11-25(24-23-16)17-8-4-3-7-15(17)19(21-13)22-18/h11-15,17-19,21-24H,1-10H2. The van der Waals surface area contributed by atoms with E-state index in [2.05, 4.69) is 32.8 Å². The van der Waals surface area contributed by atoms with Crippen molar-refractivity contribution in [1.29, 1.82) is 0 Å². The van der Waals surface area contributed by atoms with E-state index in [9.17, 15) is 0 Å². The van der Waals surface area contributed by atoms with E-state index in [0.29, 0.717) is 30.1 Å². The molecule has 140 valence electrons. The first-order valence-electron chi connectivity index (χ1n) is 10.5. The van der Waals surface area contributed by atoms with Crippen molar-refractivity contribution < 1.29 is 0 Å². The van der Waals surface area contributed by atoms with Crippen LogP contribution in [0.3, 0.4) is 0 Å². The quantitative estimate of drug-likeness (QED) is 0.393. The molecule has 3 heterocycles. The molecule has 0 amide bonds. The van der Waals surface area contributed by atoms with E-state index in [1.165, 1.54) is 63.5 Å². The van der Waals surface area contributed by atoms with E-state index < -0.39 is 0 Å². The summed E-state index contributed by atoms with van der Waals surface area (Å²) in [5.41, 5.74) is 8.58. The van der Waals surface area contributed by atoms with Gasteiger partial charge in [0.1, 0.15) is 0 Å². The zero-order valence-corrected chi connectivity index (χ0v) is 15.8. The van der Waals surface area contributed by atoms with Crippen molar-refractivity contribution in [3.63, 3.8) is 0 Å². The van der Waals surface area contributed by atoms with Gasteiger partial charge in [-0.1, -0.05) is 25.7 Å². The van der Waals surface area contributed by atoms with Crippen LogP contribution in [-0.4, -0.2) is 28.8 Å². The number of allylic oxidation sites excluding steroid dienone is 1. The van der Waals surface area contributed by atoms with Crippen molar-refractivity contribution in [1.82, 2.24) is 26.6 Å². The van der Waals surface area contributed by atoms with Gasteiger partial charge in [-0.25, -0.2) is 0 Å². The van der Waals surface area contributed by atoms with Crippen LogP contribution in [0.1, 0.15) is 64.2 Å². The molecule has 4 bridgehead atoms. The third-order valence-electron chi connectivity index (χ3n) is 7.34. The van der Waals surface area contributed by atoms with Gasteiger partial charge in [-0.15, -0.1) is 17.1 Å². The van der Waals surface area contributed by atoms with Crippen molar-refractivity contribution >= 4 is 11.6 Å². The van der Waals surface area contributed by atoms with Crippen LogP contribution in [-0.2, 0) is 0 Å². The lowest BCUT2D eigenvalue weighted by atomic mass is 9.74. The summed E-state index contributed by atoms with van der Waals surface area (Å²) >= 11 is 6.66. The van der Waals surface area contributed by atoms with Gasteiger partial charge in [-0.2, -0.15) is 0 Å². The van der Waals surface area contributed by atoms with E-state index in [-0.39, 0.29) is 5.50 Å². The van der Waals surface area contributed by atoms with Gasteiger partial charge in [-0.05, 0) is 44.4 Å². The van der Waals surface area contributed by atoms with Crippen LogP contribution in [0.5, 0.6) is 0 Å². The Hall–Kier alpha value is -0.490. The molecule has 25 heavy (non-hydrogen) atoms. The number of halogens is 1. The average molecular weight is 366 g/mol. The van der Waals surface area contributed by atoms with E-state index in [1.807, 2.05) is 0 Å². The van der Waals surface area contributed by atoms with E-state index >= 15 is 0 Å². The number of fused-ring (bicyclic) bond motifs is 8. The van der Waals surface area contributed by atoms with Crippen molar-refractivity contribution in [3.05, 3.63) is 11.9 Å². The third-order valence-corrected chi connectivity index (χ3v) is 7.64. The van der Waals surface area contributed by atoms with E-state index in [4.69, 9.17) is 11.6 Å². The molecule has 7 atom stereocenters. The molecule has 2 saturated carbocycles. The second kappa shape index (κ2) is 6.91. The Labute approximate surface area is 156 Å². The molecule has 4 N–H and O–H groups in total. The number of hydrazine groups is 2. The summed E-state index contributed by atoms with van der Waals surface area (Å²) < 4.78 is 0. The Balaban J connectivity index is 1.49. The van der Waals surface area contributed by atoms with Gasteiger partial charge in [0, 0.05) is 29.8 Å². The first kappa shape index (κ1) is 16.7. The fraction of sp³-hybridized carbons (Fsp3) is 0.895. The Morgan fingerprint density at radius 2 is 1.80 bits per heavy atom. The highest BCUT2D eigenvalue weighted by molar-refractivity contribution is 6.20. The van der Waals surface area contributed by atoms with Gasteiger partial charge in [0.2, 0.25) is 0 Å². The summed E-state index contributed by atoms with van der Waals surface area (Å²) in [6.45, 7) is 0. The van der Waals surface area contributed by atoms with Crippen molar-refractivity contribution in [3.8, 4) is 0 Å². The molecule has 5 nitrogen and oxygen atoms in total. The minimum absolute atomic E-state index is 0.108. The summed E-state index contributed by atoms with van der Waals surface area (Å²) in [7, 11) is 0. The van der Waals surface area contributed by atoms with Gasteiger partial charge in [0.05, 0.1) is 17.7 Å². The fourth-order valence-electron chi connectivity index (χ4n) is 6.14. The third kappa shape index (κ3) is 3.18. The first-order chi connectivity index (χ1) is 12.3. The number of alkyl halides is 1.